The zero-order chi connectivity index (χ0) is 13.9. The van der Waals surface area contributed by atoms with Gasteiger partial charge in [0, 0.05) is 7.11 Å². The fourth-order valence-electron chi connectivity index (χ4n) is 0.997. The summed E-state index contributed by atoms with van der Waals surface area (Å²) in [4.78, 5) is 23.8. The maximum atomic E-state index is 12.5. The molecule has 100 valence electrons. The third kappa shape index (κ3) is 3.40. The molecule has 0 saturated carbocycles. The van der Waals surface area contributed by atoms with Gasteiger partial charge in [-0.05, 0) is 0 Å². The van der Waals surface area contributed by atoms with Crippen molar-refractivity contribution in [3.63, 3.8) is 0 Å². The van der Waals surface area contributed by atoms with Gasteiger partial charge >= 0.3 is 12.1 Å². The predicted molar refractivity (Wildman–Crippen MR) is 54.6 cm³/mol. The van der Waals surface area contributed by atoms with Crippen molar-refractivity contribution in [1.29, 1.82) is 0 Å². The quantitative estimate of drug-likeness (QED) is 0.873. The van der Waals surface area contributed by atoms with E-state index in [9.17, 15) is 22.8 Å². The summed E-state index contributed by atoms with van der Waals surface area (Å²) in [6, 6.07) is 0. The summed E-state index contributed by atoms with van der Waals surface area (Å²) in [5.74, 6) is -2.48. The molecule has 0 bridgehead atoms. The Bertz CT molecular complexity index is 471. The van der Waals surface area contributed by atoms with Crippen LogP contribution in [0.3, 0.4) is 0 Å². The van der Waals surface area contributed by atoms with E-state index in [0.717, 1.165) is 0 Å². The number of thiazole rings is 1. The molecule has 0 radical (unpaired) electrons. The van der Waals surface area contributed by atoms with Crippen LogP contribution in [0.4, 0.5) is 18.3 Å². The van der Waals surface area contributed by atoms with Crippen molar-refractivity contribution in [2.75, 3.05) is 19.0 Å². The van der Waals surface area contributed by atoms with Crippen LogP contribution in [0.15, 0.2) is 0 Å². The molecular weight excluding hydrogens is 277 g/mol. The summed E-state index contributed by atoms with van der Waals surface area (Å²) in [6.07, 6.45) is -4.89. The summed E-state index contributed by atoms with van der Waals surface area (Å²) in [5.41, 5.74) is -1.53. The number of hydrogen-bond donors (Lipinski definition) is 2. The Kier molecular flexibility index (Phi) is 4.24. The second kappa shape index (κ2) is 5.31. The average Bonchev–Trinajstić information content (AvgIpc) is 2.61. The number of carboxylic acids is 1. The summed E-state index contributed by atoms with van der Waals surface area (Å²) < 4.78 is 41.8. The van der Waals surface area contributed by atoms with Crippen LogP contribution >= 0.6 is 11.3 Å². The Morgan fingerprint density at radius 2 is 2.11 bits per heavy atom. The van der Waals surface area contributed by atoms with E-state index in [-0.39, 0.29) is 17.9 Å². The number of rotatable bonds is 4. The monoisotopic (exact) mass is 284 g/mol. The van der Waals surface area contributed by atoms with Gasteiger partial charge in [-0.2, -0.15) is 13.2 Å². The average molecular weight is 284 g/mol. The Labute approximate surface area is 102 Å². The van der Waals surface area contributed by atoms with E-state index >= 15 is 0 Å². The molecule has 1 aromatic heterocycles. The molecule has 0 aliphatic heterocycles. The number of anilines is 1. The molecular formula is C8H7F3N2O4S. The van der Waals surface area contributed by atoms with Crippen molar-refractivity contribution in [3.05, 3.63) is 10.6 Å². The van der Waals surface area contributed by atoms with Gasteiger partial charge in [0.25, 0.3) is 5.91 Å². The van der Waals surface area contributed by atoms with Crippen molar-refractivity contribution in [2.24, 2.45) is 0 Å². The van der Waals surface area contributed by atoms with Gasteiger partial charge in [-0.1, -0.05) is 11.3 Å². The topological polar surface area (TPSA) is 88.5 Å². The van der Waals surface area contributed by atoms with E-state index < -0.39 is 33.8 Å². The first-order valence-corrected chi connectivity index (χ1v) is 5.17. The number of ether oxygens (including phenoxy) is 1. The maximum Gasteiger partial charge on any atom is 0.435 e. The molecule has 6 nitrogen and oxygen atoms in total. The van der Waals surface area contributed by atoms with Crippen LogP contribution in [0, 0.1) is 0 Å². The van der Waals surface area contributed by atoms with Crippen LogP contribution in [-0.4, -0.2) is 35.7 Å². The molecule has 18 heavy (non-hydrogen) atoms. The molecule has 2 N–H and O–H groups in total. The van der Waals surface area contributed by atoms with Crippen molar-refractivity contribution in [3.8, 4) is 0 Å². The maximum absolute atomic E-state index is 12.5. The van der Waals surface area contributed by atoms with Gasteiger partial charge in [-0.3, -0.25) is 10.1 Å². The molecule has 10 heteroatoms. The zero-order valence-corrected chi connectivity index (χ0v) is 9.68. The minimum absolute atomic E-state index is 0.231. The summed E-state index contributed by atoms with van der Waals surface area (Å²) >= 11 is 0.231. The molecule has 0 fully saturated rings. The lowest BCUT2D eigenvalue weighted by molar-refractivity contribution is -0.141. The van der Waals surface area contributed by atoms with Gasteiger partial charge in [-0.25, -0.2) is 9.78 Å². The SMILES string of the molecule is COCC(=O)Nc1nc(C(F)(F)F)c(C(=O)O)s1. The smallest absolute Gasteiger partial charge is 0.435 e. The number of nitrogens with one attached hydrogen (secondary N) is 1. The van der Waals surface area contributed by atoms with Crippen molar-refractivity contribution in [1.82, 2.24) is 4.98 Å². The number of carboxylic acid groups (broad SMARTS) is 1. The number of aromatic nitrogens is 1. The lowest BCUT2D eigenvalue weighted by atomic mass is 10.3. The Hall–Kier alpha value is -1.68. The summed E-state index contributed by atoms with van der Waals surface area (Å²) in [6.45, 7) is -0.372. The number of carbonyl (C=O) groups excluding carboxylic acids is 1. The van der Waals surface area contributed by atoms with Gasteiger partial charge in [0.1, 0.15) is 11.5 Å². The molecule has 0 spiro atoms. The number of nitrogens with zero attached hydrogens (tertiary/aromatic N) is 1. The lowest BCUT2D eigenvalue weighted by Crippen LogP contribution is -2.17. The van der Waals surface area contributed by atoms with Crippen molar-refractivity contribution >= 4 is 28.3 Å². The fraction of sp³-hybridized carbons (Fsp3) is 0.375. The minimum Gasteiger partial charge on any atom is -0.477 e. The van der Waals surface area contributed by atoms with Crippen molar-refractivity contribution in [2.45, 2.75) is 6.18 Å². The van der Waals surface area contributed by atoms with E-state index in [4.69, 9.17) is 5.11 Å². The number of halogens is 3. The van der Waals surface area contributed by atoms with E-state index in [2.05, 4.69) is 9.72 Å². The van der Waals surface area contributed by atoms with Crippen LogP contribution in [0.25, 0.3) is 0 Å². The Balaban J connectivity index is 3.03. The Morgan fingerprint density at radius 1 is 1.50 bits per heavy atom. The normalized spacial score (nSPS) is 11.3. The van der Waals surface area contributed by atoms with Gasteiger partial charge in [0.2, 0.25) is 0 Å². The van der Waals surface area contributed by atoms with E-state index in [0.29, 0.717) is 0 Å². The van der Waals surface area contributed by atoms with E-state index in [1.807, 2.05) is 5.32 Å². The number of aromatic carboxylic acids is 1. The highest BCUT2D eigenvalue weighted by Gasteiger charge is 2.39. The number of amides is 1. The van der Waals surface area contributed by atoms with Crippen LogP contribution in [-0.2, 0) is 15.7 Å². The fourth-order valence-corrected chi connectivity index (χ4v) is 1.84. The molecule has 1 amide bonds. The summed E-state index contributed by atoms with van der Waals surface area (Å²) in [7, 11) is 1.23. The molecule has 0 aliphatic rings. The van der Waals surface area contributed by atoms with Gasteiger partial charge in [0.15, 0.2) is 10.8 Å². The van der Waals surface area contributed by atoms with Gasteiger partial charge in [-0.15, -0.1) is 0 Å². The van der Waals surface area contributed by atoms with Crippen molar-refractivity contribution < 1.29 is 32.6 Å². The first-order chi connectivity index (χ1) is 8.25. The molecule has 1 aromatic rings. The summed E-state index contributed by atoms with van der Waals surface area (Å²) in [5, 5.41) is 10.2. The largest absolute Gasteiger partial charge is 0.477 e. The zero-order valence-electron chi connectivity index (χ0n) is 8.87. The molecule has 0 aromatic carbocycles. The van der Waals surface area contributed by atoms with Crippen LogP contribution in [0.1, 0.15) is 15.4 Å². The number of hydrogen-bond acceptors (Lipinski definition) is 5. The standard InChI is InChI=1S/C8H7F3N2O4S/c1-17-2-3(14)12-7-13-5(8(9,10)11)4(18-7)6(15)16/h2H2,1H3,(H,15,16)(H,12,13,14). The lowest BCUT2D eigenvalue weighted by Gasteiger charge is -2.02. The number of methoxy groups -OCH3 is 1. The molecule has 1 rings (SSSR count). The van der Waals surface area contributed by atoms with Crippen LogP contribution in [0.2, 0.25) is 0 Å². The predicted octanol–water partition coefficient (Wildman–Crippen LogP) is 1.45. The third-order valence-corrected chi connectivity index (χ3v) is 2.57. The van der Waals surface area contributed by atoms with E-state index in [1.165, 1.54) is 7.11 Å². The highest BCUT2D eigenvalue weighted by molar-refractivity contribution is 7.17. The second-order valence-corrected chi connectivity index (χ2v) is 3.98. The molecule has 1 heterocycles. The van der Waals surface area contributed by atoms with Gasteiger partial charge in [0.05, 0.1) is 0 Å². The molecule has 0 saturated heterocycles. The number of carbonyl (C=O) groups is 2. The first-order valence-electron chi connectivity index (χ1n) is 4.35. The third-order valence-electron chi connectivity index (χ3n) is 1.61. The molecule has 0 atom stereocenters. The highest BCUT2D eigenvalue weighted by atomic mass is 32.1. The molecule has 0 unspecified atom stereocenters. The first kappa shape index (κ1) is 14.4. The second-order valence-electron chi connectivity index (χ2n) is 2.98. The molecule has 0 aliphatic carbocycles. The van der Waals surface area contributed by atoms with Gasteiger partial charge < -0.3 is 9.84 Å². The van der Waals surface area contributed by atoms with Crippen LogP contribution in [0.5, 0.6) is 0 Å². The highest BCUT2D eigenvalue weighted by Crippen LogP contribution is 2.36. The van der Waals surface area contributed by atoms with Crippen LogP contribution < -0.4 is 5.32 Å². The van der Waals surface area contributed by atoms with E-state index in [1.54, 1.807) is 0 Å². The number of alkyl halides is 3. The minimum atomic E-state index is -4.89. The Morgan fingerprint density at radius 3 is 2.50 bits per heavy atom.